The molecule has 148 valence electrons. The molecule has 10 heteroatoms. The smallest absolute Gasteiger partial charge is 0.343 e. The van der Waals surface area contributed by atoms with E-state index < -0.39 is 33.3 Å². The zero-order chi connectivity index (χ0) is 20.2. The maximum Gasteiger partial charge on any atom is 0.343 e. The largest absolute Gasteiger partial charge is 0.492 e. The van der Waals surface area contributed by atoms with E-state index in [4.69, 9.17) is 9.47 Å². The third-order valence-corrected chi connectivity index (χ3v) is 7.16. The second-order valence-corrected chi connectivity index (χ2v) is 9.12. The van der Waals surface area contributed by atoms with Crippen molar-refractivity contribution in [2.75, 3.05) is 18.4 Å². The molecule has 2 unspecified atom stereocenters. The molecule has 4 rings (SSSR count). The predicted octanol–water partition coefficient (Wildman–Crippen LogP) is 3.81. The van der Waals surface area contributed by atoms with Crippen LogP contribution in [-0.2, 0) is 14.8 Å². The van der Waals surface area contributed by atoms with Crippen LogP contribution in [-0.4, -0.2) is 28.1 Å². The van der Waals surface area contributed by atoms with Crippen molar-refractivity contribution in [2.45, 2.75) is 17.2 Å². The zero-order valence-electron chi connectivity index (χ0n) is 14.5. The SMILES string of the molecule is COC(=O)c1c(NS(=O)(=O)c2ccc(F)cc2Br)c(F)cc2c1OCC1CC21. The van der Waals surface area contributed by atoms with Gasteiger partial charge in [0.25, 0.3) is 10.0 Å². The minimum atomic E-state index is -4.34. The highest BCUT2D eigenvalue weighted by Gasteiger charge is 2.46. The average molecular weight is 474 g/mol. The Hall–Kier alpha value is -2.20. The van der Waals surface area contributed by atoms with Crippen LogP contribution in [0, 0.1) is 17.6 Å². The minimum Gasteiger partial charge on any atom is -0.492 e. The molecule has 0 amide bonds. The molecule has 6 nitrogen and oxygen atoms in total. The van der Waals surface area contributed by atoms with E-state index >= 15 is 0 Å². The second-order valence-electron chi connectivity index (χ2n) is 6.61. The number of rotatable bonds is 4. The van der Waals surface area contributed by atoms with E-state index in [1.165, 1.54) is 6.07 Å². The summed E-state index contributed by atoms with van der Waals surface area (Å²) in [5.41, 5.74) is -0.356. The van der Waals surface area contributed by atoms with Crippen molar-refractivity contribution in [3.63, 3.8) is 0 Å². The highest BCUT2D eigenvalue weighted by Crippen LogP contribution is 2.56. The van der Waals surface area contributed by atoms with Gasteiger partial charge in [0.1, 0.15) is 33.5 Å². The van der Waals surface area contributed by atoms with Crippen LogP contribution in [0.2, 0.25) is 0 Å². The number of fused-ring (bicyclic) bond motifs is 3. The quantitative estimate of drug-likeness (QED) is 0.682. The summed E-state index contributed by atoms with van der Waals surface area (Å²) in [6.45, 7) is 0.364. The van der Waals surface area contributed by atoms with Crippen LogP contribution in [0.3, 0.4) is 0 Å². The Kier molecular flexibility index (Phi) is 4.58. The number of nitrogens with one attached hydrogen (secondary N) is 1. The monoisotopic (exact) mass is 473 g/mol. The van der Waals surface area contributed by atoms with Crippen LogP contribution in [0.5, 0.6) is 5.75 Å². The Bertz CT molecular complexity index is 1110. The number of carbonyl (C=O) groups is 1. The first-order valence-electron chi connectivity index (χ1n) is 8.28. The molecular weight excluding hydrogens is 460 g/mol. The molecule has 1 aliphatic carbocycles. The van der Waals surface area contributed by atoms with E-state index in [9.17, 15) is 22.0 Å². The van der Waals surface area contributed by atoms with Gasteiger partial charge in [-0.15, -0.1) is 0 Å². The highest BCUT2D eigenvalue weighted by molar-refractivity contribution is 9.10. The van der Waals surface area contributed by atoms with Crippen LogP contribution >= 0.6 is 15.9 Å². The van der Waals surface area contributed by atoms with Crippen molar-refractivity contribution >= 4 is 37.6 Å². The minimum absolute atomic E-state index is 0.0462. The van der Waals surface area contributed by atoms with Crippen LogP contribution in [0.25, 0.3) is 0 Å². The van der Waals surface area contributed by atoms with Gasteiger partial charge in [-0.05, 0) is 52.5 Å². The Morgan fingerprint density at radius 3 is 2.75 bits per heavy atom. The molecule has 2 aliphatic rings. The van der Waals surface area contributed by atoms with Gasteiger partial charge >= 0.3 is 5.97 Å². The van der Waals surface area contributed by atoms with E-state index in [1.54, 1.807) is 0 Å². The molecular formula is C18H14BrF2NO5S. The third kappa shape index (κ3) is 3.14. The van der Waals surface area contributed by atoms with Gasteiger partial charge in [-0.3, -0.25) is 4.72 Å². The summed E-state index contributed by atoms with van der Waals surface area (Å²) in [6, 6.07) is 4.14. The number of carbonyl (C=O) groups excluding carboxylic acids is 1. The van der Waals surface area contributed by atoms with Crippen molar-refractivity contribution < 1.29 is 31.5 Å². The van der Waals surface area contributed by atoms with Gasteiger partial charge in [0.05, 0.1) is 13.7 Å². The van der Waals surface area contributed by atoms with Gasteiger partial charge in [-0.2, -0.15) is 0 Å². The molecule has 0 saturated heterocycles. The van der Waals surface area contributed by atoms with Crippen molar-refractivity contribution in [3.05, 3.63) is 51.5 Å². The Labute approximate surface area is 168 Å². The number of anilines is 1. The van der Waals surface area contributed by atoms with Crippen molar-refractivity contribution in [1.82, 2.24) is 0 Å². The molecule has 2 aromatic carbocycles. The molecule has 1 heterocycles. The lowest BCUT2D eigenvalue weighted by Crippen LogP contribution is -2.21. The first-order chi connectivity index (χ1) is 13.2. The Morgan fingerprint density at radius 1 is 1.32 bits per heavy atom. The van der Waals surface area contributed by atoms with E-state index in [2.05, 4.69) is 20.7 Å². The maximum atomic E-state index is 14.9. The fourth-order valence-corrected chi connectivity index (χ4v) is 5.50. The molecule has 1 fully saturated rings. The third-order valence-electron chi connectivity index (χ3n) is 4.83. The fraction of sp³-hybridized carbons (Fsp3) is 0.278. The molecule has 1 N–H and O–H groups in total. The number of halogens is 3. The number of benzene rings is 2. The molecule has 2 aromatic rings. The van der Waals surface area contributed by atoms with E-state index in [1.807, 2.05) is 0 Å². The van der Waals surface area contributed by atoms with Crippen molar-refractivity contribution in [1.29, 1.82) is 0 Å². The van der Waals surface area contributed by atoms with Gasteiger partial charge < -0.3 is 9.47 Å². The van der Waals surface area contributed by atoms with E-state index in [-0.39, 0.29) is 32.5 Å². The number of ether oxygens (including phenoxy) is 2. The molecule has 0 spiro atoms. The maximum absolute atomic E-state index is 14.9. The van der Waals surface area contributed by atoms with Gasteiger partial charge in [0.15, 0.2) is 0 Å². The molecule has 28 heavy (non-hydrogen) atoms. The summed E-state index contributed by atoms with van der Waals surface area (Å²) < 4.78 is 66.1. The van der Waals surface area contributed by atoms with Gasteiger partial charge in [0, 0.05) is 16.0 Å². The lowest BCUT2D eigenvalue weighted by molar-refractivity contribution is 0.0595. The summed E-state index contributed by atoms with van der Waals surface area (Å²) in [5.74, 6) is -2.01. The van der Waals surface area contributed by atoms with Gasteiger partial charge in [-0.1, -0.05) is 0 Å². The fourth-order valence-electron chi connectivity index (χ4n) is 3.36. The predicted molar refractivity (Wildman–Crippen MR) is 99.0 cm³/mol. The van der Waals surface area contributed by atoms with E-state index in [0.717, 1.165) is 31.7 Å². The molecule has 0 aromatic heterocycles. The number of esters is 1. The highest BCUT2D eigenvalue weighted by atomic mass is 79.9. The first-order valence-corrected chi connectivity index (χ1v) is 10.6. The lowest BCUT2D eigenvalue weighted by Gasteiger charge is -2.22. The molecule has 0 radical (unpaired) electrons. The van der Waals surface area contributed by atoms with Crippen LogP contribution in [0.15, 0.2) is 33.6 Å². The summed E-state index contributed by atoms with van der Waals surface area (Å²) in [6.07, 6.45) is 0.820. The van der Waals surface area contributed by atoms with Crippen molar-refractivity contribution in [2.24, 2.45) is 5.92 Å². The Balaban J connectivity index is 1.84. The second kappa shape index (κ2) is 6.70. The molecule has 1 aliphatic heterocycles. The van der Waals surface area contributed by atoms with Crippen LogP contribution in [0.4, 0.5) is 14.5 Å². The normalized spacial score (nSPS) is 19.9. The van der Waals surface area contributed by atoms with Crippen molar-refractivity contribution in [3.8, 4) is 5.75 Å². The van der Waals surface area contributed by atoms with E-state index in [0.29, 0.717) is 12.2 Å². The zero-order valence-corrected chi connectivity index (χ0v) is 16.9. The first kappa shape index (κ1) is 19.1. The number of sulfonamides is 1. The van der Waals surface area contributed by atoms with Gasteiger partial charge in [0.2, 0.25) is 0 Å². The summed E-state index contributed by atoms with van der Waals surface area (Å²) in [7, 11) is -3.24. The molecule has 2 atom stereocenters. The number of methoxy groups -OCH3 is 1. The molecule has 1 saturated carbocycles. The summed E-state index contributed by atoms with van der Waals surface area (Å²) in [4.78, 5) is 12.0. The number of hydrogen-bond donors (Lipinski definition) is 1. The summed E-state index contributed by atoms with van der Waals surface area (Å²) in [5, 5.41) is 0. The average Bonchev–Trinajstić information content (AvgIpc) is 3.41. The lowest BCUT2D eigenvalue weighted by atomic mass is 10.00. The standard InChI is InChI=1S/C18H14BrF2NO5S/c1-26-18(23)15-16(13(21)6-11-10-4-8(10)7-27-17(11)15)22-28(24,25)14-3-2-9(20)5-12(14)19/h2-3,5-6,8,10,22H,4,7H2,1H3. The van der Waals surface area contributed by atoms with Crippen LogP contribution in [0.1, 0.15) is 28.3 Å². The van der Waals surface area contributed by atoms with Gasteiger partial charge in [-0.25, -0.2) is 22.0 Å². The summed E-state index contributed by atoms with van der Waals surface area (Å²) >= 11 is 2.98. The Morgan fingerprint density at radius 2 is 2.07 bits per heavy atom. The molecule has 0 bridgehead atoms. The van der Waals surface area contributed by atoms with Crippen LogP contribution < -0.4 is 9.46 Å². The topological polar surface area (TPSA) is 81.7 Å². The number of hydrogen-bond acceptors (Lipinski definition) is 5.